The van der Waals surface area contributed by atoms with E-state index in [-0.39, 0.29) is 18.5 Å². The van der Waals surface area contributed by atoms with Gasteiger partial charge in [-0.05, 0) is 47.0 Å². The minimum absolute atomic E-state index is 0.00381. The van der Waals surface area contributed by atoms with Crippen LogP contribution in [0, 0.1) is 0 Å². The number of hydrogen-bond acceptors (Lipinski definition) is 4. The third kappa shape index (κ3) is 4.13. The van der Waals surface area contributed by atoms with Crippen molar-refractivity contribution in [3.8, 4) is 5.69 Å². The summed E-state index contributed by atoms with van der Waals surface area (Å²) in [7, 11) is 0. The van der Waals surface area contributed by atoms with Gasteiger partial charge in [0.2, 0.25) is 0 Å². The number of aromatic nitrogens is 1. The summed E-state index contributed by atoms with van der Waals surface area (Å²) in [6, 6.07) is 51.5. The average Bonchev–Trinajstić information content (AvgIpc) is 3.62. The molecule has 8 aromatic rings. The lowest BCUT2D eigenvalue weighted by atomic mass is 10.0. The smallest absolute Gasteiger partial charge is 0.137 e. The summed E-state index contributed by atoms with van der Waals surface area (Å²) >= 11 is 0. The van der Waals surface area contributed by atoms with Crippen LogP contribution in [0.25, 0.3) is 49.4 Å². The van der Waals surface area contributed by atoms with Crippen molar-refractivity contribution in [1.82, 2.24) is 20.5 Å². The number of furan rings is 1. The van der Waals surface area contributed by atoms with Gasteiger partial charge in [-0.3, -0.25) is 16.0 Å². The first-order chi connectivity index (χ1) is 21.8. The highest BCUT2D eigenvalue weighted by molar-refractivity contribution is 6.17. The number of para-hydroxylation sites is 2. The molecule has 3 N–H and O–H groups in total. The third-order valence-corrected chi connectivity index (χ3v) is 8.92. The van der Waals surface area contributed by atoms with Crippen LogP contribution in [-0.2, 0) is 0 Å². The standard InChI is InChI=1S/C39H30N4O/c1-3-11-25(12-4-1)37-40-38(26-13-5-2-6-14-26)42-39(41-37)27-19-21-28(22-20-27)43-33-17-9-7-15-29(33)31-23-32-30-16-8-10-18-35(30)44-36(32)24-34(31)43/h1-24,37-42H. The first-order valence-electron chi connectivity index (χ1n) is 15.1. The summed E-state index contributed by atoms with van der Waals surface area (Å²) in [6.07, 6.45) is -0.0548. The van der Waals surface area contributed by atoms with Gasteiger partial charge in [0.25, 0.3) is 0 Å². The largest absolute Gasteiger partial charge is 0.456 e. The summed E-state index contributed by atoms with van der Waals surface area (Å²) in [6.45, 7) is 0. The topological polar surface area (TPSA) is 54.2 Å². The molecule has 0 saturated carbocycles. The zero-order chi connectivity index (χ0) is 29.0. The zero-order valence-electron chi connectivity index (χ0n) is 23.9. The lowest BCUT2D eigenvalue weighted by Crippen LogP contribution is -2.54. The van der Waals surface area contributed by atoms with Crippen LogP contribution in [0.2, 0.25) is 0 Å². The molecule has 0 bridgehead atoms. The predicted molar refractivity (Wildman–Crippen MR) is 179 cm³/mol. The maximum absolute atomic E-state index is 6.30. The van der Waals surface area contributed by atoms with Crippen LogP contribution in [0.15, 0.2) is 150 Å². The minimum atomic E-state index is -0.0472. The van der Waals surface area contributed by atoms with E-state index in [4.69, 9.17) is 4.42 Å². The predicted octanol–water partition coefficient (Wildman–Crippen LogP) is 8.86. The van der Waals surface area contributed by atoms with Gasteiger partial charge in [-0.15, -0.1) is 0 Å². The number of rotatable bonds is 4. The molecule has 3 heterocycles. The minimum Gasteiger partial charge on any atom is -0.456 e. The van der Waals surface area contributed by atoms with Crippen LogP contribution in [-0.4, -0.2) is 4.57 Å². The summed E-state index contributed by atoms with van der Waals surface area (Å²) in [5.74, 6) is 0. The van der Waals surface area contributed by atoms with Crippen LogP contribution >= 0.6 is 0 Å². The molecule has 1 aliphatic heterocycles. The van der Waals surface area contributed by atoms with Gasteiger partial charge in [0.05, 0.1) is 29.5 Å². The SMILES string of the molecule is c1ccc(C2NC(c3ccccc3)NC(c3ccc(-n4c5ccccc5c5cc6c(cc54)oc4ccccc46)cc3)N2)cc1. The Morgan fingerprint density at radius 3 is 1.61 bits per heavy atom. The highest BCUT2D eigenvalue weighted by Crippen LogP contribution is 2.38. The van der Waals surface area contributed by atoms with Crippen LogP contribution in [0.5, 0.6) is 0 Å². The van der Waals surface area contributed by atoms with Crippen LogP contribution < -0.4 is 16.0 Å². The van der Waals surface area contributed by atoms with Gasteiger partial charge in [-0.1, -0.05) is 109 Å². The van der Waals surface area contributed by atoms with Crippen LogP contribution in [0.3, 0.4) is 0 Å². The Morgan fingerprint density at radius 2 is 0.955 bits per heavy atom. The average molecular weight is 571 g/mol. The molecule has 1 aliphatic rings. The molecule has 2 aromatic heterocycles. The normalized spacial score (nSPS) is 18.9. The molecule has 0 spiro atoms. The van der Waals surface area contributed by atoms with Gasteiger partial charge in [-0.2, -0.15) is 0 Å². The highest BCUT2D eigenvalue weighted by atomic mass is 16.3. The van der Waals surface area contributed by atoms with E-state index in [9.17, 15) is 0 Å². The van der Waals surface area contributed by atoms with Crippen LogP contribution in [0.1, 0.15) is 35.2 Å². The van der Waals surface area contributed by atoms with Crippen LogP contribution in [0.4, 0.5) is 0 Å². The number of hydrogen-bond donors (Lipinski definition) is 3. The molecule has 1 saturated heterocycles. The first kappa shape index (κ1) is 25.3. The molecular weight excluding hydrogens is 540 g/mol. The van der Waals surface area contributed by atoms with Gasteiger partial charge < -0.3 is 8.98 Å². The van der Waals surface area contributed by atoms with E-state index in [1.807, 2.05) is 12.1 Å². The molecule has 2 atom stereocenters. The van der Waals surface area contributed by atoms with E-state index in [1.165, 1.54) is 33.0 Å². The van der Waals surface area contributed by atoms with E-state index in [0.717, 1.165) is 33.1 Å². The lowest BCUT2D eigenvalue weighted by Gasteiger charge is -2.39. The van der Waals surface area contributed by atoms with Crippen molar-refractivity contribution >= 4 is 43.7 Å². The molecule has 212 valence electrons. The van der Waals surface area contributed by atoms with Crippen molar-refractivity contribution in [2.75, 3.05) is 0 Å². The molecule has 44 heavy (non-hydrogen) atoms. The summed E-state index contributed by atoms with van der Waals surface area (Å²) in [5, 5.41) is 16.1. The summed E-state index contributed by atoms with van der Waals surface area (Å²) in [5.41, 5.74) is 8.84. The van der Waals surface area contributed by atoms with E-state index >= 15 is 0 Å². The highest BCUT2D eigenvalue weighted by Gasteiger charge is 2.29. The zero-order valence-corrected chi connectivity index (χ0v) is 23.9. The molecule has 6 aromatic carbocycles. The maximum Gasteiger partial charge on any atom is 0.137 e. The molecule has 2 unspecified atom stereocenters. The molecule has 5 nitrogen and oxygen atoms in total. The first-order valence-corrected chi connectivity index (χ1v) is 15.1. The Bertz CT molecular complexity index is 2220. The second kappa shape index (κ2) is 10.2. The fourth-order valence-electron chi connectivity index (χ4n) is 6.79. The van der Waals surface area contributed by atoms with E-state index in [2.05, 4.69) is 154 Å². The Morgan fingerprint density at radius 1 is 0.409 bits per heavy atom. The van der Waals surface area contributed by atoms with Crippen molar-refractivity contribution in [2.45, 2.75) is 18.5 Å². The molecule has 5 heteroatoms. The summed E-state index contributed by atoms with van der Waals surface area (Å²) in [4.78, 5) is 0. The van der Waals surface area contributed by atoms with E-state index in [0.29, 0.717) is 0 Å². The number of nitrogens with one attached hydrogen (secondary N) is 3. The van der Waals surface area contributed by atoms with E-state index in [1.54, 1.807) is 0 Å². The quantitative estimate of drug-likeness (QED) is 0.198. The Balaban J connectivity index is 1.13. The second-order valence-electron chi connectivity index (χ2n) is 11.5. The fourth-order valence-corrected chi connectivity index (χ4v) is 6.79. The van der Waals surface area contributed by atoms with E-state index < -0.39 is 0 Å². The lowest BCUT2D eigenvalue weighted by molar-refractivity contribution is 0.203. The Kier molecular flexibility index (Phi) is 5.87. The van der Waals surface area contributed by atoms with Crippen molar-refractivity contribution < 1.29 is 4.42 Å². The molecule has 0 amide bonds. The Hall–Kier alpha value is -5.20. The van der Waals surface area contributed by atoms with Gasteiger partial charge >= 0.3 is 0 Å². The van der Waals surface area contributed by atoms with Crippen molar-refractivity contribution in [3.63, 3.8) is 0 Å². The van der Waals surface area contributed by atoms with Crippen molar-refractivity contribution in [1.29, 1.82) is 0 Å². The Labute approximate surface area is 254 Å². The van der Waals surface area contributed by atoms with Gasteiger partial charge in [0.1, 0.15) is 11.2 Å². The molecule has 1 fully saturated rings. The molecule has 9 rings (SSSR count). The van der Waals surface area contributed by atoms with Gasteiger partial charge in [-0.25, -0.2) is 0 Å². The van der Waals surface area contributed by atoms with Crippen molar-refractivity contribution in [2.24, 2.45) is 0 Å². The maximum atomic E-state index is 6.30. The number of fused-ring (bicyclic) bond motifs is 6. The van der Waals surface area contributed by atoms with Crippen molar-refractivity contribution in [3.05, 3.63) is 162 Å². The molecule has 0 radical (unpaired) electrons. The van der Waals surface area contributed by atoms with Gasteiger partial charge in [0.15, 0.2) is 0 Å². The third-order valence-electron chi connectivity index (χ3n) is 8.92. The summed E-state index contributed by atoms with van der Waals surface area (Å²) < 4.78 is 8.65. The second-order valence-corrected chi connectivity index (χ2v) is 11.5. The molecule has 0 aliphatic carbocycles. The fraction of sp³-hybridized carbons (Fsp3) is 0.0769. The monoisotopic (exact) mass is 570 g/mol. The van der Waals surface area contributed by atoms with Gasteiger partial charge in [0, 0.05) is 33.3 Å². The number of benzene rings is 6. The molecular formula is C39H30N4O. The number of nitrogens with zero attached hydrogens (tertiary/aromatic N) is 1.